The molecule has 110 valence electrons. The van der Waals surface area contributed by atoms with Crippen LogP contribution in [-0.4, -0.2) is 19.6 Å². The van der Waals surface area contributed by atoms with Gasteiger partial charge in [0.05, 0.1) is 0 Å². The van der Waals surface area contributed by atoms with Crippen molar-refractivity contribution >= 4 is 5.69 Å². The molecule has 0 aliphatic carbocycles. The van der Waals surface area contributed by atoms with Crippen LogP contribution in [0.1, 0.15) is 29.0 Å². The molecule has 2 N–H and O–H groups in total. The number of nitrogens with zero attached hydrogens (tertiary/aromatic N) is 1. The summed E-state index contributed by atoms with van der Waals surface area (Å²) in [5.41, 5.74) is 11.2. The molecule has 0 radical (unpaired) electrons. The van der Waals surface area contributed by atoms with Crippen LogP contribution in [0, 0.1) is 6.92 Å². The van der Waals surface area contributed by atoms with Crippen LogP contribution < -0.4 is 10.6 Å². The molecule has 0 amide bonds. The highest BCUT2D eigenvalue weighted by Crippen LogP contribution is 2.31. The molecule has 2 nitrogen and oxygen atoms in total. The van der Waals surface area contributed by atoms with Crippen molar-refractivity contribution in [1.82, 2.24) is 0 Å². The van der Waals surface area contributed by atoms with E-state index in [0.29, 0.717) is 5.92 Å². The van der Waals surface area contributed by atoms with Gasteiger partial charge < -0.3 is 10.6 Å². The smallest absolute Gasteiger partial charge is 0.0369 e. The van der Waals surface area contributed by atoms with Crippen LogP contribution in [0.5, 0.6) is 0 Å². The van der Waals surface area contributed by atoms with Gasteiger partial charge in [-0.2, -0.15) is 0 Å². The Morgan fingerprint density at radius 3 is 2.67 bits per heavy atom. The Morgan fingerprint density at radius 2 is 1.95 bits per heavy atom. The second-order valence-electron chi connectivity index (χ2n) is 5.99. The first-order chi connectivity index (χ1) is 10.3. The molecular weight excluding hydrogens is 256 g/mol. The van der Waals surface area contributed by atoms with Crippen LogP contribution in [0.4, 0.5) is 5.69 Å². The van der Waals surface area contributed by atoms with Gasteiger partial charge in [-0.15, -0.1) is 0 Å². The normalized spacial score (nSPS) is 18.2. The predicted molar refractivity (Wildman–Crippen MR) is 90.0 cm³/mol. The lowest BCUT2D eigenvalue weighted by Crippen LogP contribution is -2.19. The lowest BCUT2D eigenvalue weighted by molar-refractivity contribution is 0.775. The van der Waals surface area contributed by atoms with Crippen LogP contribution in [0.25, 0.3) is 0 Å². The molecule has 1 aliphatic rings. The van der Waals surface area contributed by atoms with Crippen molar-refractivity contribution in [1.29, 1.82) is 0 Å². The summed E-state index contributed by atoms with van der Waals surface area (Å²) < 4.78 is 0. The second kappa shape index (κ2) is 6.31. The lowest BCUT2D eigenvalue weighted by atomic mass is 9.99. The topological polar surface area (TPSA) is 29.3 Å². The number of rotatable bonds is 4. The van der Waals surface area contributed by atoms with Crippen LogP contribution in [-0.2, 0) is 6.42 Å². The van der Waals surface area contributed by atoms with Crippen LogP contribution in [0.15, 0.2) is 48.5 Å². The highest BCUT2D eigenvalue weighted by molar-refractivity contribution is 5.52. The molecule has 1 unspecified atom stereocenters. The summed E-state index contributed by atoms with van der Waals surface area (Å²) in [7, 11) is 0. The van der Waals surface area contributed by atoms with Crippen molar-refractivity contribution < 1.29 is 0 Å². The van der Waals surface area contributed by atoms with E-state index < -0.39 is 0 Å². The SMILES string of the molecule is Cc1cc(N2CCC(c3ccccc3)C2)ccc1CCN. The standard InChI is InChI=1S/C19H24N2/c1-15-13-19(8-7-16(15)9-11-20)21-12-10-18(14-21)17-5-3-2-4-6-17/h2-8,13,18H,9-12,14,20H2,1H3. The third-order valence-corrected chi connectivity index (χ3v) is 4.56. The minimum atomic E-state index is 0.662. The summed E-state index contributed by atoms with van der Waals surface area (Å²) in [5, 5.41) is 0. The van der Waals surface area contributed by atoms with Crippen LogP contribution >= 0.6 is 0 Å². The Labute approximate surface area is 127 Å². The zero-order valence-corrected chi connectivity index (χ0v) is 12.8. The molecule has 0 saturated carbocycles. The minimum absolute atomic E-state index is 0.662. The molecule has 1 aliphatic heterocycles. The van der Waals surface area contributed by atoms with E-state index >= 15 is 0 Å². The monoisotopic (exact) mass is 280 g/mol. The van der Waals surface area contributed by atoms with Gasteiger partial charge in [-0.1, -0.05) is 36.4 Å². The fourth-order valence-corrected chi connectivity index (χ4v) is 3.30. The van der Waals surface area contributed by atoms with Gasteiger partial charge in [-0.05, 0) is 55.1 Å². The third-order valence-electron chi connectivity index (χ3n) is 4.56. The molecule has 1 atom stereocenters. The van der Waals surface area contributed by atoms with Crippen LogP contribution in [0.2, 0.25) is 0 Å². The maximum atomic E-state index is 5.66. The van der Waals surface area contributed by atoms with Crippen molar-refractivity contribution in [3.8, 4) is 0 Å². The summed E-state index contributed by atoms with van der Waals surface area (Å²) in [5.74, 6) is 0.662. The number of aryl methyl sites for hydroxylation is 1. The number of anilines is 1. The zero-order chi connectivity index (χ0) is 14.7. The molecule has 1 saturated heterocycles. The quantitative estimate of drug-likeness (QED) is 0.929. The van der Waals surface area contributed by atoms with Crippen molar-refractivity contribution in [3.63, 3.8) is 0 Å². The number of benzene rings is 2. The average molecular weight is 280 g/mol. The Balaban J connectivity index is 1.73. The molecule has 0 bridgehead atoms. The van der Waals surface area contributed by atoms with Gasteiger partial charge in [0.15, 0.2) is 0 Å². The highest BCUT2D eigenvalue weighted by Gasteiger charge is 2.24. The summed E-state index contributed by atoms with van der Waals surface area (Å²) in [4.78, 5) is 2.51. The van der Waals surface area contributed by atoms with E-state index in [2.05, 4.69) is 60.4 Å². The highest BCUT2D eigenvalue weighted by atomic mass is 15.1. The van der Waals surface area contributed by atoms with Gasteiger partial charge in [0.25, 0.3) is 0 Å². The van der Waals surface area contributed by atoms with E-state index in [1.165, 1.54) is 28.8 Å². The Kier molecular flexibility index (Phi) is 4.26. The molecule has 2 heteroatoms. The van der Waals surface area contributed by atoms with Gasteiger partial charge in [-0.25, -0.2) is 0 Å². The molecule has 1 fully saturated rings. The zero-order valence-electron chi connectivity index (χ0n) is 12.8. The van der Waals surface area contributed by atoms with Crippen LogP contribution in [0.3, 0.4) is 0 Å². The van der Waals surface area contributed by atoms with E-state index in [1.807, 2.05) is 0 Å². The third kappa shape index (κ3) is 3.11. The summed E-state index contributed by atoms with van der Waals surface area (Å²) in [6, 6.07) is 17.7. The Hall–Kier alpha value is -1.80. The van der Waals surface area contributed by atoms with E-state index in [9.17, 15) is 0 Å². The molecule has 2 aromatic carbocycles. The van der Waals surface area contributed by atoms with E-state index in [0.717, 1.165) is 26.1 Å². The fourth-order valence-electron chi connectivity index (χ4n) is 3.30. The van der Waals surface area contributed by atoms with Crippen molar-refractivity contribution in [2.24, 2.45) is 5.73 Å². The first kappa shape index (κ1) is 14.2. The molecule has 21 heavy (non-hydrogen) atoms. The Morgan fingerprint density at radius 1 is 1.14 bits per heavy atom. The molecular formula is C19H24N2. The molecule has 0 spiro atoms. The van der Waals surface area contributed by atoms with E-state index in [4.69, 9.17) is 5.73 Å². The van der Waals surface area contributed by atoms with E-state index in [-0.39, 0.29) is 0 Å². The van der Waals surface area contributed by atoms with Gasteiger partial charge in [0.2, 0.25) is 0 Å². The maximum absolute atomic E-state index is 5.66. The van der Waals surface area contributed by atoms with Gasteiger partial charge in [0.1, 0.15) is 0 Å². The van der Waals surface area contributed by atoms with Gasteiger partial charge >= 0.3 is 0 Å². The number of nitrogens with two attached hydrogens (primary N) is 1. The van der Waals surface area contributed by atoms with Gasteiger partial charge in [-0.3, -0.25) is 0 Å². The summed E-state index contributed by atoms with van der Waals surface area (Å²) >= 11 is 0. The number of hydrogen-bond acceptors (Lipinski definition) is 2. The average Bonchev–Trinajstić information content (AvgIpc) is 3.00. The fraction of sp³-hybridized carbons (Fsp3) is 0.368. The van der Waals surface area contributed by atoms with Crippen molar-refractivity contribution in [2.75, 3.05) is 24.5 Å². The molecule has 0 aromatic heterocycles. The van der Waals surface area contributed by atoms with Gasteiger partial charge in [0, 0.05) is 24.7 Å². The van der Waals surface area contributed by atoms with Crippen molar-refractivity contribution in [3.05, 3.63) is 65.2 Å². The largest absolute Gasteiger partial charge is 0.371 e. The molecule has 2 aromatic rings. The lowest BCUT2D eigenvalue weighted by Gasteiger charge is -2.20. The second-order valence-corrected chi connectivity index (χ2v) is 5.99. The summed E-state index contributed by atoms with van der Waals surface area (Å²) in [6.07, 6.45) is 2.21. The first-order valence-electron chi connectivity index (χ1n) is 7.87. The van der Waals surface area contributed by atoms with E-state index in [1.54, 1.807) is 0 Å². The predicted octanol–water partition coefficient (Wildman–Crippen LogP) is 3.49. The first-order valence-corrected chi connectivity index (χ1v) is 7.87. The van der Waals surface area contributed by atoms with Crippen molar-refractivity contribution in [2.45, 2.75) is 25.7 Å². The number of hydrogen-bond donors (Lipinski definition) is 1. The minimum Gasteiger partial charge on any atom is -0.371 e. The molecule has 1 heterocycles. The Bertz CT molecular complexity index is 592. The summed E-state index contributed by atoms with van der Waals surface area (Å²) in [6.45, 7) is 5.19. The molecule has 3 rings (SSSR count). The maximum Gasteiger partial charge on any atom is 0.0369 e.